The number of rotatable bonds is 4. The van der Waals surface area contributed by atoms with Crippen molar-refractivity contribution in [3.05, 3.63) is 121 Å². The van der Waals surface area contributed by atoms with Gasteiger partial charge in [-0.2, -0.15) is 28.9 Å². The Balaban J connectivity index is 0.000000195. The van der Waals surface area contributed by atoms with Crippen molar-refractivity contribution in [2.24, 2.45) is 20.5 Å². The summed E-state index contributed by atoms with van der Waals surface area (Å²) in [4.78, 5) is 0. The highest BCUT2D eigenvalue weighted by atomic mass is 32.3. The van der Waals surface area contributed by atoms with Crippen molar-refractivity contribution in [2.45, 2.75) is 0 Å². The second kappa shape index (κ2) is 14.1. The van der Waals surface area contributed by atoms with E-state index in [4.69, 9.17) is 17.5 Å². The predicted octanol–water partition coefficient (Wildman–Crippen LogP) is 7.55. The van der Waals surface area contributed by atoms with E-state index in [-0.39, 0.29) is 0 Å². The molecule has 0 saturated heterocycles. The fraction of sp³-hybridized carbons (Fsp3) is 0. The Morgan fingerprint density at radius 1 is 0.394 bits per heavy atom. The maximum Gasteiger partial charge on any atom is 0.394 e. The first-order valence-corrected chi connectivity index (χ1v) is 11.0. The van der Waals surface area contributed by atoms with Crippen LogP contribution in [-0.2, 0) is 10.4 Å². The van der Waals surface area contributed by atoms with Crippen molar-refractivity contribution in [1.82, 2.24) is 0 Å². The van der Waals surface area contributed by atoms with Crippen LogP contribution < -0.4 is 0 Å². The highest BCUT2D eigenvalue weighted by molar-refractivity contribution is 7.79. The summed E-state index contributed by atoms with van der Waals surface area (Å²) in [5.74, 6) is 0. The van der Waals surface area contributed by atoms with Gasteiger partial charge < -0.3 is 0 Å². The van der Waals surface area contributed by atoms with Gasteiger partial charge in [0.2, 0.25) is 0 Å². The molecule has 0 aromatic heterocycles. The molecular weight excluding hydrogens is 440 g/mol. The summed E-state index contributed by atoms with van der Waals surface area (Å²) in [5, 5.41) is 16.4. The van der Waals surface area contributed by atoms with Crippen LogP contribution in [0.4, 0.5) is 22.7 Å². The minimum Gasteiger partial charge on any atom is -0.264 e. The second-order valence-electron chi connectivity index (χ2n) is 6.19. The molecule has 0 spiro atoms. The van der Waals surface area contributed by atoms with Crippen LogP contribution in [0, 0.1) is 0 Å². The third-order valence-electron chi connectivity index (χ3n) is 3.59. The lowest BCUT2D eigenvalue weighted by atomic mass is 10.3. The molecule has 0 atom stereocenters. The van der Waals surface area contributed by atoms with E-state index in [0.29, 0.717) is 0 Å². The molecule has 4 aromatic carbocycles. The van der Waals surface area contributed by atoms with Crippen molar-refractivity contribution in [3.8, 4) is 0 Å². The molecule has 4 rings (SSSR count). The molecule has 0 radical (unpaired) electrons. The van der Waals surface area contributed by atoms with Crippen molar-refractivity contribution in [3.63, 3.8) is 0 Å². The van der Waals surface area contributed by atoms with E-state index in [1.54, 1.807) is 0 Å². The first-order valence-electron chi connectivity index (χ1n) is 9.64. The molecule has 0 amide bonds. The molecule has 8 nitrogen and oxygen atoms in total. The molecule has 0 aliphatic heterocycles. The monoisotopic (exact) mass is 462 g/mol. The summed E-state index contributed by atoms with van der Waals surface area (Å²) in [6.45, 7) is 0. The molecule has 0 unspecified atom stereocenters. The Morgan fingerprint density at radius 3 is 0.697 bits per heavy atom. The summed E-state index contributed by atoms with van der Waals surface area (Å²) in [6, 6.07) is 38.8. The first kappa shape index (κ1) is 25.2. The molecule has 2 N–H and O–H groups in total. The van der Waals surface area contributed by atoms with Crippen molar-refractivity contribution in [2.75, 3.05) is 0 Å². The zero-order valence-corrected chi connectivity index (χ0v) is 18.3. The van der Waals surface area contributed by atoms with E-state index in [9.17, 15) is 0 Å². The molecule has 0 bridgehead atoms. The van der Waals surface area contributed by atoms with E-state index in [1.807, 2.05) is 121 Å². The van der Waals surface area contributed by atoms with E-state index in [2.05, 4.69) is 20.5 Å². The average molecular weight is 463 g/mol. The predicted molar refractivity (Wildman–Crippen MR) is 128 cm³/mol. The summed E-state index contributed by atoms with van der Waals surface area (Å²) in [5.41, 5.74) is 3.49. The summed E-state index contributed by atoms with van der Waals surface area (Å²) in [6.07, 6.45) is 0. The maximum atomic E-state index is 8.74. The van der Waals surface area contributed by atoms with Gasteiger partial charge in [0.05, 0.1) is 22.7 Å². The first-order chi connectivity index (χ1) is 15.9. The van der Waals surface area contributed by atoms with E-state index in [1.165, 1.54) is 0 Å². The van der Waals surface area contributed by atoms with Gasteiger partial charge in [0, 0.05) is 0 Å². The zero-order valence-electron chi connectivity index (χ0n) is 17.5. The largest absolute Gasteiger partial charge is 0.394 e. The molecule has 168 valence electrons. The van der Waals surface area contributed by atoms with Crippen LogP contribution in [0.25, 0.3) is 0 Å². The number of benzene rings is 4. The number of nitrogens with zero attached hydrogens (tertiary/aromatic N) is 4. The van der Waals surface area contributed by atoms with E-state index in [0.717, 1.165) is 22.7 Å². The SMILES string of the molecule is O=S(=O)(O)O.c1ccc(N=Nc2ccccc2)cc1.c1ccc(N=Nc2ccccc2)cc1. The molecule has 0 aliphatic carbocycles. The number of azo groups is 2. The van der Waals surface area contributed by atoms with Gasteiger partial charge in [-0.15, -0.1) is 0 Å². The molecule has 4 aromatic rings. The van der Waals surface area contributed by atoms with Gasteiger partial charge in [-0.3, -0.25) is 9.11 Å². The Kier molecular flexibility index (Phi) is 10.8. The van der Waals surface area contributed by atoms with Gasteiger partial charge >= 0.3 is 10.4 Å². The molecule has 0 fully saturated rings. The van der Waals surface area contributed by atoms with Crippen LogP contribution in [0.3, 0.4) is 0 Å². The molecule has 0 heterocycles. The van der Waals surface area contributed by atoms with Gasteiger partial charge in [0.25, 0.3) is 0 Å². The Labute approximate surface area is 192 Å². The lowest BCUT2D eigenvalue weighted by molar-refractivity contribution is 0.381. The summed E-state index contributed by atoms with van der Waals surface area (Å²) >= 11 is 0. The van der Waals surface area contributed by atoms with Gasteiger partial charge in [0.1, 0.15) is 0 Å². The highest BCUT2D eigenvalue weighted by Crippen LogP contribution is 2.17. The molecule has 0 aliphatic rings. The minimum absolute atomic E-state index is 0.872. The molecular formula is C24H22N4O4S. The van der Waals surface area contributed by atoms with Crippen molar-refractivity contribution < 1.29 is 17.5 Å². The lowest BCUT2D eigenvalue weighted by Crippen LogP contribution is -1.89. The second-order valence-corrected chi connectivity index (χ2v) is 7.09. The summed E-state index contributed by atoms with van der Waals surface area (Å²) < 4.78 is 31.6. The van der Waals surface area contributed by atoms with E-state index < -0.39 is 10.4 Å². The van der Waals surface area contributed by atoms with Crippen molar-refractivity contribution >= 4 is 33.1 Å². The topological polar surface area (TPSA) is 124 Å². The Morgan fingerprint density at radius 2 is 0.545 bits per heavy atom. The number of hydrogen-bond acceptors (Lipinski definition) is 6. The average Bonchev–Trinajstić information content (AvgIpc) is 2.84. The maximum absolute atomic E-state index is 8.74. The van der Waals surface area contributed by atoms with Crippen LogP contribution in [-0.4, -0.2) is 17.5 Å². The van der Waals surface area contributed by atoms with Gasteiger partial charge in [-0.1, -0.05) is 72.8 Å². The van der Waals surface area contributed by atoms with E-state index >= 15 is 0 Å². The summed E-state index contributed by atoms with van der Waals surface area (Å²) in [7, 11) is -4.67. The van der Waals surface area contributed by atoms with Crippen LogP contribution in [0.5, 0.6) is 0 Å². The highest BCUT2D eigenvalue weighted by Gasteiger charge is 1.88. The third kappa shape index (κ3) is 13.1. The fourth-order valence-corrected chi connectivity index (χ4v) is 2.21. The Bertz CT molecular complexity index is 1040. The Hall–Kier alpha value is -4.05. The van der Waals surface area contributed by atoms with Gasteiger partial charge in [0.15, 0.2) is 0 Å². The fourth-order valence-electron chi connectivity index (χ4n) is 2.21. The van der Waals surface area contributed by atoms with Crippen LogP contribution in [0.1, 0.15) is 0 Å². The van der Waals surface area contributed by atoms with Gasteiger partial charge in [-0.05, 0) is 48.5 Å². The molecule has 33 heavy (non-hydrogen) atoms. The quantitative estimate of drug-likeness (QED) is 0.240. The van der Waals surface area contributed by atoms with Gasteiger partial charge in [-0.25, -0.2) is 0 Å². The van der Waals surface area contributed by atoms with Crippen LogP contribution in [0.15, 0.2) is 142 Å². The molecule has 0 saturated carbocycles. The zero-order chi connectivity index (χ0) is 23.8. The standard InChI is InChI=1S/2C12H10N2.H2O4S/c2*1-3-7-11(8-4-1)13-14-12-9-5-2-6-10-12;1-5(2,3)4/h2*1-10H;(H2,1,2,3,4). The normalized spacial score (nSPS) is 10.7. The minimum atomic E-state index is -4.67. The third-order valence-corrected chi connectivity index (χ3v) is 3.59. The smallest absolute Gasteiger partial charge is 0.264 e. The van der Waals surface area contributed by atoms with Crippen LogP contribution in [0.2, 0.25) is 0 Å². The number of hydrogen-bond donors (Lipinski definition) is 2. The molecule has 9 heteroatoms. The van der Waals surface area contributed by atoms with Crippen LogP contribution >= 0.6 is 0 Å². The lowest BCUT2D eigenvalue weighted by Gasteiger charge is -1.91. The van der Waals surface area contributed by atoms with Crippen molar-refractivity contribution in [1.29, 1.82) is 0 Å².